The first-order chi connectivity index (χ1) is 6.90. The van der Waals surface area contributed by atoms with Crippen molar-refractivity contribution in [2.75, 3.05) is 12.4 Å². The van der Waals surface area contributed by atoms with Crippen LogP contribution in [-0.4, -0.2) is 24.2 Å². The number of nitrogens with one attached hydrogen (secondary N) is 1. The second-order valence-electron chi connectivity index (χ2n) is 3.69. The van der Waals surface area contributed by atoms with Gasteiger partial charge >= 0.3 is 0 Å². The van der Waals surface area contributed by atoms with Crippen molar-refractivity contribution in [2.24, 2.45) is 0 Å². The number of rotatable bonds is 3. The molecule has 0 spiro atoms. The fraction of sp³-hybridized carbons (Fsp3) is 0.545. The molecule has 0 saturated heterocycles. The molecular weight excluding hydrogens is 176 g/mol. The Morgan fingerprint density at radius 2 is 2.14 bits per heavy atom. The maximum atomic E-state index is 5.42. The molecule has 3 nitrogen and oxygen atoms in total. The predicted molar refractivity (Wildman–Crippen MR) is 56.3 cm³/mol. The average Bonchev–Trinajstić information content (AvgIpc) is 2.67. The molecule has 0 bridgehead atoms. The number of pyridine rings is 1. The van der Waals surface area contributed by atoms with Gasteiger partial charge in [-0.2, -0.15) is 0 Å². The highest BCUT2D eigenvalue weighted by molar-refractivity contribution is 5.42. The summed E-state index contributed by atoms with van der Waals surface area (Å²) in [6.45, 7) is 0. The lowest BCUT2D eigenvalue weighted by Crippen LogP contribution is -2.29. The smallest absolute Gasteiger partial charge is 0.0772 e. The van der Waals surface area contributed by atoms with Crippen molar-refractivity contribution in [3.05, 3.63) is 24.5 Å². The molecule has 76 valence electrons. The number of hydrogen-bond donors (Lipinski definition) is 1. The highest BCUT2D eigenvalue weighted by Crippen LogP contribution is 2.24. The topological polar surface area (TPSA) is 34.1 Å². The van der Waals surface area contributed by atoms with Gasteiger partial charge in [0.25, 0.3) is 0 Å². The Hall–Kier alpha value is -1.09. The van der Waals surface area contributed by atoms with Gasteiger partial charge in [0.1, 0.15) is 0 Å². The number of anilines is 1. The zero-order valence-corrected chi connectivity index (χ0v) is 8.44. The molecule has 1 fully saturated rings. The Labute approximate surface area is 84.5 Å². The Kier molecular flexibility index (Phi) is 2.99. The van der Waals surface area contributed by atoms with Gasteiger partial charge in [0, 0.05) is 25.2 Å². The van der Waals surface area contributed by atoms with E-state index in [0.717, 1.165) is 5.69 Å². The number of methoxy groups -OCH3 is 1. The van der Waals surface area contributed by atoms with Crippen LogP contribution >= 0.6 is 0 Å². The number of hydrogen-bond acceptors (Lipinski definition) is 3. The van der Waals surface area contributed by atoms with Gasteiger partial charge < -0.3 is 10.1 Å². The van der Waals surface area contributed by atoms with E-state index in [2.05, 4.69) is 10.3 Å². The van der Waals surface area contributed by atoms with E-state index < -0.39 is 0 Å². The van der Waals surface area contributed by atoms with Gasteiger partial charge in [-0.25, -0.2) is 0 Å². The van der Waals surface area contributed by atoms with Crippen LogP contribution in [-0.2, 0) is 4.74 Å². The second kappa shape index (κ2) is 4.42. The Bertz CT molecular complexity index is 276. The van der Waals surface area contributed by atoms with Crippen molar-refractivity contribution in [1.82, 2.24) is 4.98 Å². The zero-order chi connectivity index (χ0) is 9.80. The van der Waals surface area contributed by atoms with Gasteiger partial charge in [0.05, 0.1) is 12.1 Å². The summed E-state index contributed by atoms with van der Waals surface area (Å²) in [4.78, 5) is 3.99. The van der Waals surface area contributed by atoms with Crippen LogP contribution < -0.4 is 5.32 Å². The van der Waals surface area contributed by atoms with Gasteiger partial charge in [-0.05, 0) is 31.4 Å². The molecule has 0 aliphatic heterocycles. The van der Waals surface area contributed by atoms with Crippen LogP contribution in [0.15, 0.2) is 24.5 Å². The molecular formula is C11H16N2O. The molecule has 0 radical (unpaired) electrons. The monoisotopic (exact) mass is 192 g/mol. The number of aromatic nitrogens is 1. The van der Waals surface area contributed by atoms with Crippen LogP contribution in [0.5, 0.6) is 0 Å². The maximum absolute atomic E-state index is 5.42. The minimum atomic E-state index is 0.364. The summed E-state index contributed by atoms with van der Waals surface area (Å²) in [6, 6.07) is 4.44. The third-order valence-electron chi connectivity index (χ3n) is 2.79. The van der Waals surface area contributed by atoms with Crippen LogP contribution in [0.2, 0.25) is 0 Å². The first kappa shape index (κ1) is 9.46. The summed E-state index contributed by atoms with van der Waals surface area (Å²) < 4.78 is 5.42. The molecule has 3 heteroatoms. The third-order valence-corrected chi connectivity index (χ3v) is 2.79. The normalized spacial score (nSPS) is 26.4. The molecule has 2 atom stereocenters. The van der Waals surface area contributed by atoms with E-state index in [-0.39, 0.29) is 0 Å². The lowest BCUT2D eigenvalue weighted by Gasteiger charge is -2.20. The van der Waals surface area contributed by atoms with E-state index in [9.17, 15) is 0 Å². The quantitative estimate of drug-likeness (QED) is 0.796. The molecule has 0 aromatic carbocycles. The standard InChI is InChI=1S/C11H16N2O/c1-14-11-4-2-3-10(11)13-9-5-7-12-8-6-9/h5-8,10-11H,2-4H2,1H3,(H,12,13)/t10-,11-/m1/s1. The van der Waals surface area contributed by atoms with Crippen molar-refractivity contribution >= 4 is 5.69 Å². The minimum Gasteiger partial charge on any atom is -0.380 e. The van der Waals surface area contributed by atoms with Crippen LogP contribution in [0.25, 0.3) is 0 Å². The lowest BCUT2D eigenvalue weighted by atomic mass is 10.2. The van der Waals surface area contributed by atoms with Crippen molar-refractivity contribution in [2.45, 2.75) is 31.4 Å². The molecule has 1 saturated carbocycles. The predicted octanol–water partition coefficient (Wildman–Crippen LogP) is 2.06. The van der Waals surface area contributed by atoms with E-state index in [1.165, 1.54) is 19.3 Å². The summed E-state index contributed by atoms with van der Waals surface area (Å²) in [5, 5.41) is 3.48. The molecule has 0 unspecified atom stereocenters. The van der Waals surface area contributed by atoms with Crippen LogP contribution in [0.4, 0.5) is 5.69 Å². The molecule has 2 rings (SSSR count). The number of nitrogens with zero attached hydrogens (tertiary/aromatic N) is 1. The van der Waals surface area contributed by atoms with Crippen molar-refractivity contribution in [3.63, 3.8) is 0 Å². The Balaban J connectivity index is 1.97. The maximum Gasteiger partial charge on any atom is 0.0772 e. The van der Waals surface area contributed by atoms with E-state index >= 15 is 0 Å². The summed E-state index contributed by atoms with van der Waals surface area (Å²) >= 11 is 0. The first-order valence-corrected chi connectivity index (χ1v) is 5.09. The molecule has 1 heterocycles. The third kappa shape index (κ3) is 2.04. The molecule has 14 heavy (non-hydrogen) atoms. The van der Waals surface area contributed by atoms with Crippen molar-refractivity contribution in [3.8, 4) is 0 Å². The molecule has 1 aromatic rings. The van der Waals surface area contributed by atoms with E-state index in [1.807, 2.05) is 12.1 Å². The van der Waals surface area contributed by atoms with Crippen LogP contribution in [0.3, 0.4) is 0 Å². The van der Waals surface area contributed by atoms with Gasteiger partial charge in [0.2, 0.25) is 0 Å². The van der Waals surface area contributed by atoms with Crippen molar-refractivity contribution < 1.29 is 4.74 Å². The van der Waals surface area contributed by atoms with Crippen LogP contribution in [0, 0.1) is 0 Å². The highest BCUT2D eigenvalue weighted by Gasteiger charge is 2.26. The molecule has 1 aliphatic rings. The van der Waals surface area contributed by atoms with Gasteiger partial charge in [0.15, 0.2) is 0 Å². The molecule has 1 aliphatic carbocycles. The van der Waals surface area contributed by atoms with E-state index in [0.29, 0.717) is 12.1 Å². The SMILES string of the molecule is CO[C@@H]1CCC[C@H]1Nc1ccncc1. The summed E-state index contributed by atoms with van der Waals surface area (Å²) in [5.74, 6) is 0. The van der Waals surface area contributed by atoms with Crippen LogP contribution in [0.1, 0.15) is 19.3 Å². The minimum absolute atomic E-state index is 0.364. The molecule has 1 aromatic heterocycles. The summed E-state index contributed by atoms with van der Waals surface area (Å²) in [5.41, 5.74) is 1.13. The fourth-order valence-electron chi connectivity index (χ4n) is 2.04. The fourth-order valence-corrected chi connectivity index (χ4v) is 2.04. The zero-order valence-electron chi connectivity index (χ0n) is 8.44. The van der Waals surface area contributed by atoms with Gasteiger partial charge in [-0.3, -0.25) is 4.98 Å². The first-order valence-electron chi connectivity index (χ1n) is 5.09. The summed E-state index contributed by atoms with van der Waals surface area (Å²) in [6.07, 6.45) is 7.59. The largest absolute Gasteiger partial charge is 0.380 e. The Morgan fingerprint density at radius 1 is 1.36 bits per heavy atom. The average molecular weight is 192 g/mol. The second-order valence-corrected chi connectivity index (χ2v) is 3.69. The van der Waals surface area contributed by atoms with Gasteiger partial charge in [-0.15, -0.1) is 0 Å². The molecule has 1 N–H and O–H groups in total. The van der Waals surface area contributed by atoms with Crippen molar-refractivity contribution in [1.29, 1.82) is 0 Å². The Morgan fingerprint density at radius 3 is 2.86 bits per heavy atom. The number of ether oxygens (including phenoxy) is 1. The van der Waals surface area contributed by atoms with E-state index in [4.69, 9.17) is 4.74 Å². The van der Waals surface area contributed by atoms with E-state index in [1.54, 1.807) is 19.5 Å². The lowest BCUT2D eigenvalue weighted by molar-refractivity contribution is 0.101. The highest BCUT2D eigenvalue weighted by atomic mass is 16.5. The van der Waals surface area contributed by atoms with Gasteiger partial charge in [-0.1, -0.05) is 0 Å². The summed E-state index contributed by atoms with van der Waals surface area (Å²) in [7, 11) is 1.79. The molecule has 0 amide bonds.